The predicted molar refractivity (Wildman–Crippen MR) is 243 cm³/mol. The maximum absolute atomic E-state index is 6.37. The van der Waals surface area contributed by atoms with E-state index < -0.39 is 0 Å². The van der Waals surface area contributed by atoms with Crippen LogP contribution in [0.4, 0.5) is 0 Å². The zero-order valence-corrected chi connectivity index (χ0v) is 32.9. The summed E-state index contributed by atoms with van der Waals surface area (Å²) in [5, 5.41) is 4.57. The Labute approximate surface area is 341 Å². The molecule has 280 valence electrons. The molecule has 8 aromatic carbocycles. The van der Waals surface area contributed by atoms with Gasteiger partial charge in [0.15, 0.2) is 17.5 Å². The second kappa shape index (κ2) is 13.8. The van der Waals surface area contributed by atoms with E-state index in [0.717, 1.165) is 66.5 Å². The number of nitrogens with zero attached hydrogens (tertiary/aromatic N) is 4. The Morgan fingerprint density at radius 1 is 0.390 bits per heavy atom. The minimum atomic E-state index is 0.590. The molecular weight excluding hydrogens is 721 g/mol. The van der Waals surface area contributed by atoms with Gasteiger partial charge in [0, 0.05) is 38.2 Å². The topological polar surface area (TPSA) is 56.7 Å². The van der Waals surface area contributed by atoms with E-state index >= 15 is 0 Å². The van der Waals surface area contributed by atoms with Gasteiger partial charge < -0.3 is 8.98 Å². The Morgan fingerprint density at radius 2 is 0.932 bits per heavy atom. The minimum absolute atomic E-state index is 0.590. The van der Waals surface area contributed by atoms with Crippen molar-refractivity contribution in [3.05, 3.63) is 193 Å². The second-order valence-corrected chi connectivity index (χ2v) is 15.4. The normalized spacial score (nSPS) is 11.6. The van der Waals surface area contributed by atoms with Crippen LogP contribution in [0.3, 0.4) is 0 Å². The Hall–Kier alpha value is -7.63. The third-order valence-corrected chi connectivity index (χ3v) is 11.5. The highest BCUT2D eigenvalue weighted by molar-refractivity contribution is 6.11. The van der Waals surface area contributed by atoms with E-state index in [4.69, 9.17) is 19.4 Å². The van der Waals surface area contributed by atoms with Gasteiger partial charge in [-0.05, 0) is 96.6 Å². The molecule has 3 heterocycles. The lowest BCUT2D eigenvalue weighted by molar-refractivity contribution is 0.669. The van der Waals surface area contributed by atoms with Crippen LogP contribution in [0.2, 0.25) is 0 Å². The summed E-state index contributed by atoms with van der Waals surface area (Å²) in [5.41, 5.74) is 16.0. The molecule has 0 saturated heterocycles. The van der Waals surface area contributed by atoms with Crippen LogP contribution in [0, 0.1) is 20.8 Å². The monoisotopic (exact) mass is 758 g/mol. The standard InChI is InChI=1S/C54H38N4O/c1-33-28-34(2)51(35(3)29-33)40-23-25-42-41-18-10-12-20-46(41)58(48(42)31-40)47-27-24-38(39-22-26-44-43-19-11-13-21-49(43)59-50(44)32-39)30-45(47)54-56-52(36-14-6-4-7-15-36)55-53(57-54)37-16-8-5-9-17-37/h4-32H,1-3H3. The van der Waals surface area contributed by atoms with Crippen molar-refractivity contribution in [3.8, 4) is 62.1 Å². The van der Waals surface area contributed by atoms with Gasteiger partial charge in [-0.1, -0.05) is 139 Å². The number of benzene rings is 8. The van der Waals surface area contributed by atoms with Crippen LogP contribution in [-0.4, -0.2) is 19.5 Å². The molecule has 0 spiro atoms. The fourth-order valence-corrected chi connectivity index (χ4v) is 8.95. The zero-order valence-electron chi connectivity index (χ0n) is 32.9. The first kappa shape index (κ1) is 34.6. The summed E-state index contributed by atoms with van der Waals surface area (Å²) in [7, 11) is 0. The molecule has 0 bridgehead atoms. The largest absolute Gasteiger partial charge is 0.456 e. The Bertz CT molecular complexity index is 3330. The third-order valence-electron chi connectivity index (χ3n) is 11.5. The van der Waals surface area contributed by atoms with Gasteiger partial charge in [0.25, 0.3) is 0 Å². The SMILES string of the molecule is Cc1cc(C)c(-c2ccc3c4ccccc4n(-c4ccc(-c5ccc6c(c5)oc5ccccc56)cc4-c4nc(-c5ccccc5)nc(-c5ccccc5)n4)c3c2)c(C)c1. The van der Waals surface area contributed by atoms with Gasteiger partial charge in [-0.25, -0.2) is 15.0 Å². The molecule has 5 heteroatoms. The predicted octanol–water partition coefficient (Wildman–Crippen LogP) is 14.1. The lowest BCUT2D eigenvalue weighted by Gasteiger charge is -2.17. The second-order valence-electron chi connectivity index (χ2n) is 15.4. The molecule has 0 aliphatic carbocycles. The van der Waals surface area contributed by atoms with E-state index in [9.17, 15) is 0 Å². The van der Waals surface area contributed by atoms with Crippen LogP contribution in [0.25, 0.3) is 106 Å². The first-order valence-corrected chi connectivity index (χ1v) is 20.0. The van der Waals surface area contributed by atoms with E-state index in [-0.39, 0.29) is 0 Å². The number of aryl methyl sites for hydroxylation is 3. The molecule has 0 aliphatic rings. The van der Waals surface area contributed by atoms with Crippen molar-refractivity contribution in [1.82, 2.24) is 19.5 Å². The number of fused-ring (bicyclic) bond motifs is 6. The average molecular weight is 759 g/mol. The third kappa shape index (κ3) is 5.90. The first-order valence-electron chi connectivity index (χ1n) is 20.0. The van der Waals surface area contributed by atoms with E-state index in [1.165, 1.54) is 38.6 Å². The van der Waals surface area contributed by atoms with Gasteiger partial charge >= 0.3 is 0 Å². The molecule has 11 rings (SSSR count). The molecule has 11 aromatic rings. The van der Waals surface area contributed by atoms with Gasteiger partial charge in [-0.15, -0.1) is 0 Å². The molecule has 3 aromatic heterocycles. The molecule has 0 fully saturated rings. The number of hydrogen-bond acceptors (Lipinski definition) is 4. The lowest BCUT2D eigenvalue weighted by atomic mass is 9.93. The smallest absolute Gasteiger partial charge is 0.166 e. The molecule has 0 aliphatic heterocycles. The summed E-state index contributed by atoms with van der Waals surface area (Å²) in [6.07, 6.45) is 0. The Balaban J connectivity index is 1.20. The number of para-hydroxylation sites is 2. The van der Waals surface area contributed by atoms with Gasteiger partial charge in [0.05, 0.1) is 16.7 Å². The Kier molecular flexibility index (Phi) is 8.09. The minimum Gasteiger partial charge on any atom is -0.456 e. The van der Waals surface area contributed by atoms with E-state index in [0.29, 0.717) is 17.5 Å². The van der Waals surface area contributed by atoms with Crippen molar-refractivity contribution in [2.75, 3.05) is 0 Å². The molecular formula is C54H38N4O. The first-order chi connectivity index (χ1) is 29.0. The number of furan rings is 1. The van der Waals surface area contributed by atoms with Crippen molar-refractivity contribution >= 4 is 43.7 Å². The van der Waals surface area contributed by atoms with Gasteiger partial charge in [-0.3, -0.25) is 0 Å². The van der Waals surface area contributed by atoms with Crippen LogP contribution >= 0.6 is 0 Å². The van der Waals surface area contributed by atoms with E-state index in [1.807, 2.05) is 48.5 Å². The average Bonchev–Trinajstić information content (AvgIpc) is 3.81. The van der Waals surface area contributed by atoms with Crippen molar-refractivity contribution in [2.24, 2.45) is 0 Å². The molecule has 0 radical (unpaired) electrons. The maximum atomic E-state index is 6.37. The summed E-state index contributed by atoms with van der Waals surface area (Å²) in [6.45, 7) is 6.59. The molecule has 0 N–H and O–H groups in total. The molecule has 0 amide bonds. The fourth-order valence-electron chi connectivity index (χ4n) is 8.95. The van der Waals surface area contributed by atoms with Crippen molar-refractivity contribution in [1.29, 1.82) is 0 Å². The number of aromatic nitrogens is 4. The van der Waals surface area contributed by atoms with Crippen molar-refractivity contribution in [3.63, 3.8) is 0 Å². The summed E-state index contributed by atoms with van der Waals surface area (Å²) < 4.78 is 8.76. The summed E-state index contributed by atoms with van der Waals surface area (Å²) >= 11 is 0. The maximum Gasteiger partial charge on any atom is 0.166 e. The van der Waals surface area contributed by atoms with Crippen LogP contribution in [0.1, 0.15) is 16.7 Å². The van der Waals surface area contributed by atoms with Crippen molar-refractivity contribution < 1.29 is 4.42 Å². The quantitative estimate of drug-likeness (QED) is 0.169. The van der Waals surface area contributed by atoms with Crippen molar-refractivity contribution in [2.45, 2.75) is 20.8 Å². The molecule has 59 heavy (non-hydrogen) atoms. The summed E-state index contributed by atoms with van der Waals surface area (Å²) in [4.78, 5) is 15.6. The van der Waals surface area contributed by atoms with E-state index in [2.05, 4.69) is 153 Å². The highest BCUT2D eigenvalue weighted by atomic mass is 16.3. The highest BCUT2D eigenvalue weighted by Crippen LogP contribution is 2.41. The van der Waals surface area contributed by atoms with Crippen LogP contribution in [0.5, 0.6) is 0 Å². The van der Waals surface area contributed by atoms with Gasteiger partial charge in [0.1, 0.15) is 11.2 Å². The summed E-state index contributed by atoms with van der Waals surface area (Å²) in [5.74, 6) is 1.82. The highest BCUT2D eigenvalue weighted by Gasteiger charge is 2.22. The fraction of sp³-hybridized carbons (Fsp3) is 0.0556. The van der Waals surface area contributed by atoms with Crippen LogP contribution in [-0.2, 0) is 0 Å². The van der Waals surface area contributed by atoms with Crippen LogP contribution < -0.4 is 0 Å². The number of hydrogen-bond donors (Lipinski definition) is 0. The zero-order chi connectivity index (χ0) is 39.6. The molecule has 5 nitrogen and oxygen atoms in total. The Morgan fingerprint density at radius 3 is 1.66 bits per heavy atom. The van der Waals surface area contributed by atoms with Gasteiger partial charge in [0.2, 0.25) is 0 Å². The summed E-state index contributed by atoms with van der Waals surface area (Å²) in [6, 6.07) is 61.8. The molecule has 0 unspecified atom stereocenters. The lowest BCUT2D eigenvalue weighted by Crippen LogP contribution is -2.04. The van der Waals surface area contributed by atoms with Gasteiger partial charge in [-0.2, -0.15) is 0 Å². The van der Waals surface area contributed by atoms with Crippen LogP contribution in [0.15, 0.2) is 180 Å². The van der Waals surface area contributed by atoms with E-state index in [1.54, 1.807) is 0 Å². The molecule has 0 atom stereocenters. The number of rotatable bonds is 6. The molecule has 0 saturated carbocycles.